The van der Waals surface area contributed by atoms with Gasteiger partial charge in [-0.25, -0.2) is 0 Å². The number of benzene rings is 2. The molecule has 1 atom stereocenters. The van der Waals surface area contributed by atoms with Gasteiger partial charge in [-0.2, -0.15) is 0 Å². The molecule has 0 fully saturated rings. The molecule has 0 aliphatic rings. The van der Waals surface area contributed by atoms with Gasteiger partial charge in [-0.05, 0) is 17.0 Å². The van der Waals surface area contributed by atoms with Crippen molar-refractivity contribution in [1.29, 1.82) is 0 Å². The zero-order valence-electron chi connectivity index (χ0n) is 8.56. The van der Waals surface area contributed by atoms with E-state index in [0.717, 1.165) is 14.7 Å². The van der Waals surface area contributed by atoms with E-state index in [1.807, 2.05) is 0 Å². The van der Waals surface area contributed by atoms with Crippen molar-refractivity contribution >= 4 is 22.3 Å². The van der Waals surface area contributed by atoms with Gasteiger partial charge in [0.2, 0.25) is 0 Å². The van der Waals surface area contributed by atoms with E-state index < -0.39 is 0 Å². The minimum absolute atomic E-state index is 0. The van der Waals surface area contributed by atoms with Crippen molar-refractivity contribution in [3.05, 3.63) is 66.2 Å². The molecule has 0 amide bonds. The molecule has 0 bridgehead atoms. The van der Waals surface area contributed by atoms with Gasteiger partial charge in [-0.15, -0.1) is 0 Å². The molecule has 3 radical (unpaired) electrons. The molecule has 2 rings (SSSR count). The Kier molecular flexibility index (Phi) is 5.14. The Morgan fingerprint density at radius 3 is 1.87 bits per heavy atom. The monoisotopic (exact) mass is 211 g/mol. The van der Waals surface area contributed by atoms with Crippen LogP contribution in [0.25, 0.3) is 0 Å². The fourth-order valence-electron chi connectivity index (χ4n) is 1.36. The summed E-state index contributed by atoms with van der Waals surface area (Å²) < 4.78 is 0. The number of hydrogen-bond acceptors (Lipinski definition) is 0. The molecular weight excluding hydrogens is 198 g/mol. The maximum Gasteiger partial charge on any atom is 0 e. The van der Waals surface area contributed by atoms with E-state index >= 15 is 0 Å². The molecule has 2 aromatic rings. The maximum atomic E-state index is 2.20. The Balaban J connectivity index is 0.00000112. The van der Waals surface area contributed by atoms with Crippen molar-refractivity contribution in [2.24, 2.45) is 0 Å². The van der Waals surface area contributed by atoms with Crippen LogP contribution in [0.4, 0.5) is 0 Å². The lowest BCUT2D eigenvalue weighted by atomic mass is 10.2. The zero-order valence-corrected chi connectivity index (χ0v) is 9.56. The largest absolute Gasteiger partial charge is 0.0859 e. The van der Waals surface area contributed by atoms with Crippen LogP contribution in [0.5, 0.6) is 0 Å². The normalized spacial score (nSPS) is 10.1. The Bertz CT molecular complexity index is 333. The second kappa shape index (κ2) is 6.42. The summed E-state index contributed by atoms with van der Waals surface area (Å²) in [6.07, 6.45) is 1.16. The molecule has 2 heteroatoms. The maximum absolute atomic E-state index is 2.20. The first-order valence-electron chi connectivity index (χ1n) is 4.78. The van der Waals surface area contributed by atoms with Crippen molar-refractivity contribution in [2.45, 2.75) is 6.16 Å². The molecule has 73 valence electrons. The lowest BCUT2D eigenvalue weighted by Crippen LogP contribution is -1.92. The van der Waals surface area contributed by atoms with Crippen LogP contribution in [0.1, 0.15) is 5.56 Å². The highest BCUT2D eigenvalue weighted by atomic mass is 31.1. The summed E-state index contributed by atoms with van der Waals surface area (Å²) in [5, 5.41) is 1.44. The molecule has 0 saturated carbocycles. The van der Waals surface area contributed by atoms with E-state index in [2.05, 4.69) is 60.7 Å². The van der Waals surface area contributed by atoms with Crippen molar-refractivity contribution in [1.82, 2.24) is 0 Å². The summed E-state index contributed by atoms with van der Waals surface area (Å²) >= 11 is 0. The van der Waals surface area contributed by atoms with Gasteiger partial charge in [-0.3, -0.25) is 0 Å². The standard InChI is InChI=1S/C13H13P.B/c1-3-7-12(8-4-1)11-14-13-9-5-2-6-10-13;/h1-10,14H,11H2;. The highest BCUT2D eigenvalue weighted by Gasteiger charge is 1.92. The second-order valence-corrected chi connectivity index (χ2v) is 4.49. The van der Waals surface area contributed by atoms with Crippen LogP contribution in [-0.4, -0.2) is 8.41 Å². The molecule has 2 aromatic carbocycles. The Morgan fingerprint density at radius 1 is 0.733 bits per heavy atom. The van der Waals surface area contributed by atoms with Gasteiger partial charge in [-0.1, -0.05) is 69.2 Å². The first kappa shape index (κ1) is 12.0. The van der Waals surface area contributed by atoms with Gasteiger partial charge in [0.15, 0.2) is 0 Å². The predicted molar refractivity (Wildman–Crippen MR) is 70.3 cm³/mol. The number of hydrogen-bond donors (Lipinski definition) is 0. The van der Waals surface area contributed by atoms with Crippen LogP contribution in [-0.2, 0) is 6.16 Å². The summed E-state index contributed by atoms with van der Waals surface area (Å²) in [5.74, 6) is 0. The summed E-state index contributed by atoms with van der Waals surface area (Å²) in [6, 6.07) is 21.3. The quantitative estimate of drug-likeness (QED) is 0.540. The van der Waals surface area contributed by atoms with Crippen LogP contribution in [0.2, 0.25) is 0 Å². The van der Waals surface area contributed by atoms with Crippen molar-refractivity contribution in [2.75, 3.05) is 0 Å². The van der Waals surface area contributed by atoms with E-state index in [9.17, 15) is 0 Å². The zero-order chi connectivity index (χ0) is 9.64. The second-order valence-electron chi connectivity index (χ2n) is 3.21. The van der Waals surface area contributed by atoms with Gasteiger partial charge < -0.3 is 0 Å². The van der Waals surface area contributed by atoms with Gasteiger partial charge in [0.25, 0.3) is 0 Å². The highest BCUT2D eigenvalue weighted by Crippen LogP contribution is 2.17. The summed E-state index contributed by atoms with van der Waals surface area (Å²) in [6.45, 7) is 0. The minimum Gasteiger partial charge on any atom is -0.0859 e. The van der Waals surface area contributed by atoms with Crippen LogP contribution < -0.4 is 5.30 Å². The van der Waals surface area contributed by atoms with Crippen LogP contribution in [0.3, 0.4) is 0 Å². The molecule has 0 N–H and O–H groups in total. The van der Waals surface area contributed by atoms with Crippen LogP contribution in [0, 0.1) is 0 Å². The summed E-state index contributed by atoms with van der Waals surface area (Å²) in [4.78, 5) is 0. The summed E-state index contributed by atoms with van der Waals surface area (Å²) in [7, 11) is 0.882. The Labute approximate surface area is 95.1 Å². The minimum atomic E-state index is 0. The average Bonchev–Trinajstić information content (AvgIpc) is 2.29. The Morgan fingerprint density at radius 2 is 1.27 bits per heavy atom. The molecule has 0 aliphatic heterocycles. The molecule has 1 unspecified atom stereocenters. The molecule has 0 spiro atoms. The van der Waals surface area contributed by atoms with E-state index in [1.165, 1.54) is 10.9 Å². The van der Waals surface area contributed by atoms with E-state index in [1.54, 1.807) is 0 Å². The third-order valence-corrected chi connectivity index (χ3v) is 3.44. The van der Waals surface area contributed by atoms with Gasteiger partial charge >= 0.3 is 0 Å². The smallest absolute Gasteiger partial charge is 0 e. The molecule has 0 aromatic heterocycles. The lowest BCUT2D eigenvalue weighted by Gasteiger charge is -2.01. The van der Waals surface area contributed by atoms with Crippen LogP contribution >= 0.6 is 8.58 Å². The van der Waals surface area contributed by atoms with Gasteiger partial charge in [0.05, 0.1) is 0 Å². The van der Waals surface area contributed by atoms with Crippen LogP contribution in [0.15, 0.2) is 60.7 Å². The fraction of sp³-hybridized carbons (Fsp3) is 0.0769. The number of rotatable bonds is 3. The third-order valence-electron chi connectivity index (χ3n) is 2.11. The molecule has 0 saturated heterocycles. The predicted octanol–water partition coefficient (Wildman–Crippen LogP) is 2.81. The Hall–Kier alpha value is -1.07. The molecule has 0 heterocycles. The van der Waals surface area contributed by atoms with Crippen molar-refractivity contribution in [3.8, 4) is 0 Å². The van der Waals surface area contributed by atoms with E-state index in [-0.39, 0.29) is 8.41 Å². The van der Waals surface area contributed by atoms with Gasteiger partial charge in [0.1, 0.15) is 0 Å². The third kappa shape index (κ3) is 3.89. The SMILES string of the molecule is [B].c1ccc(CPc2ccccc2)cc1. The molecule has 0 nitrogen and oxygen atoms in total. The topological polar surface area (TPSA) is 0 Å². The first-order chi connectivity index (χ1) is 6.95. The lowest BCUT2D eigenvalue weighted by molar-refractivity contribution is 1.41. The van der Waals surface area contributed by atoms with E-state index in [0.29, 0.717) is 0 Å². The molecular formula is C13H13BP. The first-order valence-corrected chi connectivity index (χ1v) is 5.99. The van der Waals surface area contributed by atoms with E-state index in [4.69, 9.17) is 0 Å². The summed E-state index contributed by atoms with van der Waals surface area (Å²) in [5.41, 5.74) is 1.43. The van der Waals surface area contributed by atoms with Crippen molar-refractivity contribution in [3.63, 3.8) is 0 Å². The van der Waals surface area contributed by atoms with Gasteiger partial charge in [0, 0.05) is 8.41 Å². The molecule has 15 heavy (non-hydrogen) atoms. The van der Waals surface area contributed by atoms with Crippen molar-refractivity contribution < 1.29 is 0 Å². The fourth-order valence-corrected chi connectivity index (χ4v) is 2.43. The molecule has 0 aliphatic carbocycles. The highest BCUT2D eigenvalue weighted by molar-refractivity contribution is 7.46. The average molecular weight is 211 g/mol.